The highest BCUT2D eigenvalue weighted by molar-refractivity contribution is 5.58. The van der Waals surface area contributed by atoms with E-state index in [9.17, 15) is 18.0 Å². The topological polar surface area (TPSA) is 130 Å². The number of ether oxygens (including phenoxy) is 1. The van der Waals surface area contributed by atoms with Crippen molar-refractivity contribution in [3.63, 3.8) is 0 Å². The zero-order valence-corrected chi connectivity index (χ0v) is 15.7. The molecule has 31 heavy (non-hydrogen) atoms. The van der Waals surface area contributed by atoms with Crippen LogP contribution in [0.25, 0.3) is 17.2 Å². The van der Waals surface area contributed by atoms with Gasteiger partial charge in [0.05, 0.1) is 25.5 Å². The summed E-state index contributed by atoms with van der Waals surface area (Å²) in [6, 6.07) is 1.69. The van der Waals surface area contributed by atoms with Crippen LogP contribution < -0.4 is 10.6 Å². The summed E-state index contributed by atoms with van der Waals surface area (Å²) in [6.07, 6.45) is -0.229. The highest BCUT2D eigenvalue weighted by Crippen LogP contribution is 2.29. The van der Waals surface area contributed by atoms with Crippen molar-refractivity contribution in [1.29, 1.82) is 0 Å². The maximum atomic E-state index is 13.1. The number of anilines is 1. The number of morpholine rings is 1. The Morgan fingerprint density at radius 2 is 2.00 bits per heavy atom. The molecule has 0 aromatic carbocycles. The van der Waals surface area contributed by atoms with Crippen molar-refractivity contribution >= 4 is 11.5 Å². The number of aromatic amines is 2. The number of hydrogen-bond donors (Lipinski definition) is 2. The van der Waals surface area contributed by atoms with Crippen LogP contribution in [0.3, 0.4) is 0 Å². The average Bonchev–Trinajstić information content (AvgIpc) is 3.39. The average molecular weight is 433 g/mol. The van der Waals surface area contributed by atoms with E-state index in [2.05, 4.69) is 35.1 Å². The third-order valence-electron chi connectivity index (χ3n) is 4.77. The summed E-state index contributed by atoms with van der Waals surface area (Å²) < 4.78 is 46.1. The second-order valence-corrected chi connectivity index (χ2v) is 6.74. The van der Waals surface area contributed by atoms with Crippen molar-refractivity contribution < 1.29 is 17.9 Å². The van der Waals surface area contributed by atoms with Crippen molar-refractivity contribution in [3.05, 3.63) is 52.9 Å². The molecule has 5 heterocycles. The van der Waals surface area contributed by atoms with Crippen LogP contribution in [0.15, 0.2) is 35.6 Å². The molecule has 0 aliphatic carbocycles. The van der Waals surface area contributed by atoms with E-state index < -0.39 is 23.7 Å². The Bertz CT molecular complexity index is 1300. The van der Waals surface area contributed by atoms with E-state index in [1.807, 2.05) is 4.90 Å². The van der Waals surface area contributed by atoms with Crippen LogP contribution in [0, 0.1) is 0 Å². The quantitative estimate of drug-likeness (QED) is 0.493. The predicted octanol–water partition coefficient (Wildman–Crippen LogP) is 1.19. The SMILES string of the molecule is O=c1nc(C2CN(c3ccnc(-c4cnc5cnc(C(F)(F)F)cn45)n3)CCO2)[nH][nH]1. The van der Waals surface area contributed by atoms with Crippen LogP contribution in [0.4, 0.5) is 19.0 Å². The van der Waals surface area contributed by atoms with Gasteiger partial charge in [-0.1, -0.05) is 0 Å². The standard InChI is InChI=1S/C17H14F3N9O2/c18-17(19,20)11-8-29-9(5-23-13(29)6-22-11)14-21-2-1-12(24-14)28-3-4-31-10(7-28)15-25-16(30)27-26-15/h1-2,5-6,8,10H,3-4,7H2,(H2,25,26,27,30). The zero-order valence-electron chi connectivity index (χ0n) is 15.7. The predicted molar refractivity (Wildman–Crippen MR) is 99.1 cm³/mol. The molecule has 1 atom stereocenters. The molecule has 14 heteroatoms. The van der Waals surface area contributed by atoms with E-state index in [1.165, 1.54) is 16.8 Å². The molecule has 0 bridgehead atoms. The molecular formula is C17H14F3N9O2. The third kappa shape index (κ3) is 3.61. The summed E-state index contributed by atoms with van der Waals surface area (Å²) in [4.78, 5) is 33.2. The number of alkyl halides is 3. The molecule has 0 amide bonds. The Balaban J connectivity index is 1.47. The Kier molecular flexibility index (Phi) is 4.43. The molecule has 4 aromatic rings. The number of nitrogens with zero attached hydrogens (tertiary/aromatic N) is 7. The number of nitrogens with one attached hydrogen (secondary N) is 2. The van der Waals surface area contributed by atoms with Gasteiger partial charge in [-0.3, -0.25) is 9.50 Å². The number of halogens is 3. The van der Waals surface area contributed by atoms with Gasteiger partial charge in [-0.15, -0.1) is 0 Å². The smallest absolute Gasteiger partial charge is 0.367 e. The minimum atomic E-state index is -4.59. The molecule has 0 spiro atoms. The van der Waals surface area contributed by atoms with Crippen LogP contribution in [-0.2, 0) is 10.9 Å². The van der Waals surface area contributed by atoms with E-state index >= 15 is 0 Å². The molecule has 2 N–H and O–H groups in total. The first kappa shape index (κ1) is 19.2. The lowest BCUT2D eigenvalue weighted by atomic mass is 10.2. The first-order chi connectivity index (χ1) is 14.9. The van der Waals surface area contributed by atoms with Gasteiger partial charge in [-0.05, 0) is 6.07 Å². The zero-order chi connectivity index (χ0) is 21.6. The molecule has 0 radical (unpaired) electrons. The van der Waals surface area contributed by atoms with Gasteiger partial charge in [-0.2, -0.15) is 18.2 Å². The summed E-state index contributed by atoms with van der Waals surface area (Å²) in [5, 5.41) is 5.05. The fourth-order valence-corrected chi connectivity index (χ4v) is 3.31. The van der Waals surface area contributed by atoms with E-state index in [1.54, 1.807) is 6.07 Å². The van der Waals surface area contributed by atoms with E-state index in [0.717, 1.165) is 12.4 Å². The second kappa shape index (κ2) is 7.16. The molecule has 1 aliphatic heterocycles. The van der Waals surface area contributed by atoms with Crippen molar-refractivity contribution in [2.75, 3.05) is 24.6 Å². The summed E-state index contributed by atoms with van der Waals surface area (Å²) in [7, 11) is 0. The lowest BCUT2D eigenvalue weighted by Crippen LogP contribution is -2.39. The third-order valence-corrected chi connectivity index (χ3v) is 4.77. The van der Waals surface area contributed by atoms with E-state index in [4.69, 9.17) is 4.74 Å². The molecule has 1 saturated heterocycles. The van der Waals surface area contributed by atoms with Gasteiger partial charge in [0.1, 0.15) is 17.6 Å². The molecule has 0 saturated carbocycles. The number of imidazole rings is 1. The van der Waals surface area contributed by atoms with Gasteiger partial charge in [0.25, 0.3) is 0 Å². The lowest BCUT2D eigenvalue weighted by molar-refractivity contribution is -0.141. The van der Waals surface area contributed by atoms with Gasteiger partial charge in [0.15, 0.2) is 23.0 Å². The summed E-state index contributed by atoms with van der Waals surface area (Å²) >= 11 is 0. The summed E-state index contributed by atoms with van der Waals surface area (Å²) in [5.74, 6) is 1.13. The van der Waals surface area contributed by atoms with Crippen molar-refractivity contribution in [2.24, 2.45) is 0 Å². The molecule has 160 valence electrons. The van der Waals surface area contributed by atoms with Gasteiger partial charge in [-0.25, -0.2) is 29.8 Å². The summed E-state index contributed by atoms with van der Waals surface area (Å²) in [5.41, 5.74) is -1.00. The van der Waals surface area contributed by atoms with Gasteiger partial charge in [0.2, 0.25) is 0 Å². The fraction of sp³-hybridized carbons (Fsp3) is 0.294. The Hall–Kier alpha value is -3.81. The summed E-state index contributed by atoms with van der Waals surface area (Å²) in [6.45, 7) is 1.26. The van der Waals surface area contributed by atoms with E-state index in [-0.39, 0.29) is 11.5 Å². The normalized spacial score (nSPS) is 17.4. The molecule has 1 fully saturated rings. The Morgan fingerprint density at radius 3 is 2.77 bits per heavy atom. The highest BCUT2D eigenvalue weighted by atomic mass is 19.4. The Morgan fingerprint density at radius 1 is 1.13 bits per heavy atom. The number of fused-ring (bicyclic) bond motifs is 1. The first-order valence-corrected chi connectivity index (χ1v) is 9.13. The van der Waals surface area contributed by atoms with Gasteiger partial charge < -0.3 is 9.64 Å². The number of H-pyrrole nitrogens is 2. The minimum absolute atomic E-state index is 0.209. The van der Waals surface area contributed by atoms with E-state index in [0.29, 0.717) is 37.0 Å². The van der Waals surface area contributed by atoms with Crippen molar-refractivity contribution in [3.8, 4) is 11.5 Å². The molecule has 4 aromatic heterocycles. The van der Waals surface area contributed by atoms with Crippen molar-refractivity contribution in [2.45, 2.75) is 12.3 Å². The van der Waals surface area contributed by atoms with Crippen molar-refractivity contribution in [1.82, 2.24) is 39.5 Å². The molecular weight excluding hydrogens is 419 g/mol. The van der Waals surface area contributed by atoms with Gasteiger partial charge in [0, 0.05) is 18.9 Å². The van der Waals surface area contributed by atoms with Gasteiger partial charge >= 0.3 is 11.9 Å². The first-order valence-electron chi connectivity index (χ1n) is 9.13. The minimum Gasteiger partial charge on any atom is -0.367 e. The van der Waals surface area contributed by atoms with Crippen LogP contribution in [0.2, 0.25) is 0 Å². The second-order valence-electron chi connectivity index (χ2n) is 6.74. The highest BCUT2D eigenvalue weighted by Gasteiger charge is 2.33. The van der Waals surface area contributed by atoms with Crippen LogP contribution in [0.1, 0.15) is 17.6 Å². The lowest BCUT2D eigenvalue weighted by Gasteiger charge is -2.32. The molecule has 5 rings (SSSR count). The molecule has 11 nitrogen and oxygen atoms in total. The fourth-order valence-electron chi connectivity index (χ4n) is 3.31. The van der Waals surface area contributed by atoms with Crippen LogP contribution in [0.5, 0.6) is 0 Å². The Labute approximate surface area is 171 Å². The maximum Gasteiger partial charge on any atom is 0.434 e. The molecule has 1 unspecified atom stereocenters. The molecule has 1 aliphatic rings. The van der Waals surface area contributed by atoms with Crippen LogP contribution in [-0.4, -0.2) is 59.2 Å². The number of aromatic nitrogens is 8. The monoisotopic (exact) mass is 433 g/mol. The largest absolute Gasteiger partial charge is 0.434 e. The number of hydrogen-bond acceptors (Lipinski definition) is 8. The van der Waals surface area contributed by atoms with Crippen LogP contribution >= 0.6 is 0 Å². The maximum absolute atomic E-state index is 13.1. The number of rotatable bonds is 3.